The van der Waals surface area contributed by atoms with Crippen LogP contribution in [0.4, 0.5) is 0 Å². The molecule has 7 heteroatoms. The molecular weight excluding hydrogens is 368 g/mol. The van der Waals surface area contributed by atoms with Crippen molar-refractivity contribution in [3.63, 3.8) is 0 Å². The topological polar surface area (TPSA) is 49.9 Å². The van der Waals surface area contributed by atoms with E-state index < -0.39 is 0 Å². The predicted octanol–water partition coefficient (Wildman–Crippen LogP) is 2.95. The molecule has 0 radical (unpaired) electrons. The molecule has 1 heterocycles. The fraction of sp³-hybridized carbons (Fsp3) is 0.421. The van der Waals surface area contributed by atoms with Crippen LogP contribution in [0.2, 0.25) is 0 Å². The van der Waals surface area contributed by atoms with Crippen molar-refractivity contribution in [2.45, 2.75) is 19.8 Å². The van der Waals surface area contributed by atoms with Gasteiger partial charge in [0.25, 0.3) is 5.91 Å². The smallest absolute Gasteiger partial charge is 0.307 e. The summed E-state index contributed by atoms with van der Waals surface area (Å²) in [5, 5.41) is 0. The molecule has 5 nitrogen and oxygen atoms in total. The number of rotatable bonds is 8. The zero-order valence-corrected chi connectivity index (χ0v) is 17.0. The molecule has 140 valence electrons. The van der Waals surface area contributed by atoms with Gasteiger partial charge in [0, 0.05) is 13.1 Å². The second-order valence-electron chi connectivity index (χ2n) is 6.20. The second kappa shape index (κ2) is 9.85. The van der Waals surface area contributed by atoms with Crippen molar-refractivity contribution in [3.05, 3.63) is 40.3 Å². The van der Waals surface area contributed by atoms with Crippen LogP contribution < -0.4 is 0 Å². The first-order valence-corrected chi connectivity index (χ1v) is 9.78. The van der Waals surface area contributed by atoms with Crippen molar-refractivity contribution >= 4 is 46.3 Å². The maximum Gasteiger partial charge on any atom is 0.307 e. The van der Waals surface area contributed by atoms with Gasteiger partial charge in [-0.2, -0.15) is 0 Å². The number of aryl methyl sites for hydroxylation is 1. The Hall–Kier alpha value is -1.70. The van der Waals surface area contributed by atoms with Crippen LogP contribution >= 0.6 is 24.0 Å². The van der Waals surface area contributed by atoms with Crippen molar-refractivity contribution in [1.82, 2.24) is 9.80 Å². The maximum absolute atomic E-state index is 12.5. The van der Waals surface area contributed by atoms with Crippen LogP contribution in [0, 0.1) is 0 Å². The van der Waals surface area contributed by atoms with E-state index in [1.165, 1.54) is 22.2 Å². The highest BCUT2D eigenvalue weighted by molar-refractivity contribution is 8.26. The van der Waals surface area contributed by atoms with E-state index in [2.05, 4.69) is 19.1 Å². The van der Waals surface area contributed by atoms with E-state index in [-0.39, 0.29) is 24.8 Å². The Bertz CT molecular complexity index is 699. The molecule has 1 amide bonds. The molecule has 0 atom stereocenters. The first kappa shape index (κ1) is 20.6. The molecule has 0 saturated carbocycles. The number of thiocarbonyl (C=S) groups is 1. The Labute approximate surface area is 164 Å². The van der Waals surface area contributed by atoms with Crippen molar-refractivity contribution in [2.24, 2.45) is 0 Å². The number of amides is 1. The minimum atomic E-state index is -0.319. The average Bonchev–Trinajstić information content (AvgIpc) is 2.87. The van der Waals surface area contributed by atoms with Crippen molar-refractivity contribution in [2.75, 3.05) is 33.8 Å². The van der Waals surface area contributed by atoms with E-state index in [9.17, 15) is 9.59 Å². The monoisotopic (exact) mass is 392 g/mol. The molecule has 1 fully saturated rings. The highest BCUT2D eigenvalue weighted by Crippen LogP contribution is 2.32. The summed E-state index contributed by atoms with van der Waals surface area (Å²) >= 11 is 6.56. The summed E-state index contributed by atoms with van der Waals surface area (Å²) in [6.45, 7) is 3.37. The number of ether oxygens (including phenoxy) is 1. The minimum Gasteiger partial charge on any atom is -0.464 e. The number of benzene rings is 1. The van der Waals surface area contributed by atoms with Gasteiger partial charge in [-0.05, 0) is 37.7 Å². The standard InChI is InChI=1S/C19H24N2O3S2/c1-4-14-5-7-15(8-6-14)13-16-18(23)21(19(25)26-16)10-9-17(22)24-12-11-20(2)3/h5-8,13H,4,9-12H2,1-3H3. The van der Waals surface area contributed by atoms with Crippen LogP contribution in [0.3, 0.4) is 0 Å². The molecule has 26 heavy (non-hydrogen) atoms. The van der Waals surface area contributed by atoms with Crippen molar-refractivity contribution in [3.8, 4) is 0 Å². The number of hydrogen-bond acceptors (Lipinski definition) is 6. The number of carbonyl (C=O) groups is 2. The summed E-state index contributed by atoms with van der Waals surface area (Å²) in [4.78, 5) is 28.3. The van der Waals surface area contributed by atoms with Gasteiger partial charge < -0.3 is 9.64 Å². The first-order chi connectivity index (χ1) is 12.4. The lowest BCUT2D eigenvalue weighted by atomic mass is 10.1. The lowest BCUT2D eigenvalue weighted by Gasteiger charge is -2.14. The molecule has 1 aromatic carbocycles. The van der Waals surface area contributed by atoms with Gasteiger partial charge in [-0.1, -0.05) is 55.2 Å². The van der Waals surface area contributed by atoms with Crippen LogP contribution in [0.15, 0.2) is 29.2 Å². The van der Waals surface area contributed by atoms with E-state index in [0.29, 0.717) is 22.4 Å². The van der Waals surface area contributed by atoms with Crippen LogP contribution in [-0.2, 0) is 20.7 Å². The van der Waals surface area contributed by atoms with Gasteiger partial charge in [0.1, 0.15) is 10.9 Å². The molecule has 2 rings (SSSR count). The Kier molecular flexibility index (Phi) is 7.81. The SMILES string of the molecule is CCc1ccc(C=C2SC(=S)N(CCC(=O)OCCN(C)C)C2=O)cc1. The number of hydrogen-bond donors (Lipinski definition) is 0. The zero-order valence-electron chi connectivity index (χ0n) is 15.4. The maximum atomic E-state index is 12.5. The summed E-state index contributed by atoms with van der Waals surface area (Å²) in [6.07, 6.45) is 2.96. The Balaban J connectivity index is 1.91. The summed E-state index contributed by atoms with van der Waals surface area (Å²) in [5.41, 5.74) is 2.22. The molecule has 1 saturated heterocycles. The normalized spacial score (nSPS) is 16.0. The van der Waals surface area contributed by atoms with Gasteiger partial charge in [0.2, 0.25) is 0 Å². The van der Waals surface area contributed by atoms with Crippen LogP contribution in [-0.4, -0.2) is 59.8 Å². The summed E-state index contributed by atoms with van der Waals surface area (Å²) < 4.78 is 5.62. The Morgan fingerprint density at radius 1 is 1.31 bits per heavy atom. The molecule has 0 spiro atoms. The molecular formula is C19H24N2O3S2. The molecule has 0 aromatic heterocycles. The highest BCUT2D eigenvalue weighted by atomic mass is 32.2. The third kappa shape index (κ3) is 5.93. The van der Waals surface area contributed by atoms with Gasteiger partial charge in [0.15, 0.2) is 0 Å². The quantitative estimate of drug-likeness (QED) is 0.385. The van der Waals surface area contributed by atoms with Gasteiger partial charge >= 0.3 is 5.97 Å². The number of likely N-dealkylation sites (N-methyl/N-ethyl adjacent to an activating group) is 1. The summed E-state index contributed by atoms with van der Waals surface area (Å²) in [5.74, 6) is -0.472. The largest absolute Gasteiger partial charge is 0.464 e. The first-order valence-electron chi connectivity index (χ1n) is 8.55. The molecule has 1 aliphatic rings. The van der Waals surface area contributed by atoms with E-state index in [4.69, 9.17) is 17.0 Å². The predicted molar refractivity (Wildman–Crippen MR) is 110 cm³/mol. The summed E-state index contributed by atoms with van der Waals surface area (Å²) in [7, 11) is 3.83. The van der Waals surface area contributed by atoms with Gasteiger partial charge in [-0.25, -0.2) is 0 Å². The molecule has 0 N–H and O–H groups in total. The lowest BCUT2D eigenvalue weighted by Crippen LogP contribution is -2.31. The molecule has 0 bridgehead atoms. The molecule has 1 aliphatic heterocycles. The Morgan fingerprint density at radius 2 is 2.00 bits per heavy atom. The van der Waals surface area contributed by atoms with Gasteiger partial charge in [0.05, 0.1) is 11.3 Å². The molecule has 0 unspecified atom stereocenters. The number of esters is 1. The molecule has 1 aromatic rings. The minimum absolute atomic E-state index is 0.137. The van der Waals surface area contributed by atoms with Gasteiger partial charge in [-0.3, -0.25) is 14.5 Å². The fourth-order valence-electron chi connectivity index (χ4n) is 2.31. The van der Waals surface area contributed by atoms with Crippen molar-refractivity contribution in [1.29, 1.82) is 0 Å². The Morgan fingerprint density at radius 3 is 2.62 bits per heavy atom. The highest BCUT2D eigenvalue weighted by Gasteiger charge is 2.32. The van der Waals surface area contributed by atoms with Crippen LogP contribution in [0.1, 0.15) is 24.5 Å². The van der Waals surface area contributed by atoms with Crippen LogP contribution in [0.5, 0.6) is 0 Å². The second-order valence-corrected chi connectivity index (χ2v) is 7.88. The number of thioether (sulfide) groups is 1. The lowest BCUT2D eigenvalue weighted by molar-refractivity contribution is -0.144. The van der Waals surface area contributed by atoms with Gasteiger partial charge in [-0.15, -0.1) is 0 Å². The number of nitrogens with zero attached hydrogens (tertiary/aromatic N) is 2. The third-order valence-corrected chi connectivity index (χ3v) is 5.28. The van der Waals surface area contributed by atoms with Crippen LogP contribution in [0.25, 0.3) is 6.08 Å². The van der Waals surface area contributed by atoms with E-state index in [1.807, 2.05) is 37.2 Å². The third-order valence-electron chi connectivity index (χ3n) is 3.90. The fourth-order valence-corrected chi connectivity index (χ4v) is 3.62. The number of carbonyl (C=O) groups excluding carboxylic acids is 2. The van der Waals surface area contributed by atoms with E-state index in [0.717, 1.165) is 12.0 Å². The zero-order chi connectivity index (χ0) is 19.1. The van der Waals surface area contributed by atoms with E-state index in [1.54, 1.807) is 0 Å². The van der Waals surface area contributed by atoms with E-state index >= 15 is 0 Å². The van der Waals surface area contributed by atoms with Crippen molar-refractivity contribution < 1.29 is 14.3 Å². The average molecular weight is 393 g/mol. The molecule has 0 aliphatic carbocycles. The summed E-state index contributed by atoms with van der Waals surface area (Å²) in [6, 6.07) is 8.09.